The summed E-state index contributed by atoms with van der Waals surface area (Å²) in [4.78, 5) is 0. The average Bonchev–Trinajstić information content (AvgIpc) is 2.09. The predicted octanol–water partition coefficient (Wildman–Crippen LogP) is 0.133. The van der Waals surface area contributed by atoms with Crippen LogP contribution in [0.3, 0.4) is 0 Å². The van der Waals surface area contributed by atoms with E-state index in [0.29, 0.717) is 6.04 Å². The van der Waals surface area contributed by atoms with Crippen molar-refractivity contribution < 1.29 is 8.95 Å². The van der Waals surface area contributed by atoms with Crippen LogP contribution in [0.2, 0.25) is 0 Å². The molecule has 1 fully saturated rings. The van der Waals surface area contributed by atoms with Gasteiger partial charge in [-0.25, -0.2) is 0 Å². The average molecular weight is 191 g/mol. The highest BCUT2D eigenvalue weighted by Crippen LogP contribution is 2.08. The smallest absolute Gasteiger partial charge is 0.0587 e. The van der Waals surface area contributed by atoms with Crippen molar-refractivity contribution in [1.82, 2.24) is 5.32 Å². The zero-order chi connectivity index (χ0) is 8.81. The summed E-state index contributed by atoms with van der Waals surface area (Å²) in [5.41, 5.74) is 0. The Morgan fingerprint density at radius 1 is 1.50 bits per heavy atom. The lowest BCUT2D eigenvalue weighted by molar-refractivity contribution is 0.195. The number of rotatable bonds is 4. The van der Waals surface area contributed by atoms with Gasteiger partial charge in [-0.15, -0.1) is 0 Å². The molecule has 1 N–H and O–H groups in total. The van der Waals surface area contributed by atoms with Gasteiger partial charge in [0.25, 0.3) is 0 Å². The molecule has 1 saturated heterocycles. The number of methoxy groups -OCH3 is 1. The van der Waals surface area contributed by atoms with Crippen molar-refractivity contribution in [3.63, 3.8) is 0 Å². The molecule has 1 rings (SSSR count). The van der Waals surface area contributed by atoms with E-state index in [1.165, 1.54) is 0 Å². The molecule has 0 unspecified atom stereocenters. The number of ether oxygens (including phenoxy) is 1. The standard InChI is InChI=1S/C8H17NO2S/c1-11-5-4-9-8-2-6-12(10)7-3-8/h8-9H,2-7H2,1H3. The van der Waals surface area contributed by atoms with Crippen molar-refractivity contribution in [3.05, 3.63) is 0 Å². The molecule has 0 amide bonds. The molecule has 1 aliphatic rings. The summed E-state index contributed by atoms with van der Waals surface area (Å²) in [5.74, 6) is 1.73. The minimum absolute atomic E-state index is 0.539. The molecule has 4 heteroatoms. The zero-order valence-electron chi connectivity index (χ0n) is 7.54. The van der Waals surface area contributed by atoms with Gasteiger partial charge in [0.1, 0.15) is 0 Å². The van der Waals surface area contributed by atoms with Crippen LogP contribution in [0.25, 0.3) is 0 Å². The van der Waals surface area contributed by atoms with Crippen LogP contribution in [0.4, 0.5) is 0 Å². The fraction of sp³-hybridized carbons (Fsp3) is 1.00. The van der Waals surface area contributed by atoms with Crippen molar-refractivity contribution in [3.8, 4) is 0 Å². The first-order valence-electron chi connectivity index (χ1n) is 4.40. The van der Waals surface area contributed by atoms with Crippen LogP contribution in [0, 0.1) is 0 Å². The molecule has 0 aliphatic carbocycles. The maximum atomic E-state index is 11.0. The second-order valence-corrected chi connectivity index (χ2v) is 4.77. The van der Waals surface area contributed by atoms with Crippen molar-refractivity contribution in [2.75, 3.05) is 31.8 Å². The quantitative estimate of drug-likeness (QED) is 0.642. The van der Waals surface area contributed by atoms with Crippen LogP contribution in [0.15, 0.2) is 0 Å². The number of hydrogen-bond donors (Lipinski definition) is 1. The fourth-order valence-electron chi connectivity index (χ4n) is 1.36. The summed E-state index contributed by atoms with van der Waals surface area (Å²) in [5, 5.41) is 3.38. The molecule has 0 aromatic rings. The highest BCUT2D eigenvalue weighted by Gasteiger charge is 2.16. The first kappa shape index (κ1) is 10.2. The van der Waals surface area contributed by atoms with Gasteiger partial charge in [0, 0.05) is 42.0 Å². The minimum Gasteiger partial charge on any atom is -0.383 e. The molecule has 3 nitrogen and oxygen atoms in total. The Bertz CT molecular complexity index is 142. The van der Waals surface area contributed by atoms with Gasteiger partial charge in [-0.2, -0.15) is 0 Å². The van der Waals surface area contributed by atoms with Crippen LogP contribution in [-0.2, 0) is 15.5 Å². The van der Waals surface area contributed by atoms with E-state index in [-0.39, 0.29) is 0 Å². The molecule has 0 bridgehead atoms. The SMILES string of the molecule is COCCNC1CCS(=O)CC1. The van der Waals surface area contributed by atoms with Crippen molar-refractivity contribution in [1.29, 1.82) is 0 Å². The largest absolute Gasteiger partial charge is 0.383 e. The Kier molecular flexibility index (Phi) is 4.80. The Morgan fingerprint density at radius 3 is 2.75 bits per heavy atom. The van der Waals surface area contributed by atoms with E-state index in [4.69, 9.17) is 4.74 Å². The van der Waals surface area contributed by atoms with Gasteiger partial charge in [-0.3, -0.25) is 4.21 Å². The lowest BCUT2D eigenvalue weighted by Gasteiger charge is -2.22. The van der Waals surface area contributed by atoms with Crippen LogP contribution < -0.4 is 5.32 Å². The molecule has 72 valence electrons. The van der Waals surface area contributed by atoms with E-state index in [2.05, 4.69) is 5.32 Å². The lowest BCUT2D eigenvalue weighted by Crippen LogP contribution is -2.37. The van der Waals surface area contributed by atoms with Crippen LogP contribution in [-0.4, -0.2) is 42.0 Å². The van der Waals surface area contributed by atoms with Crippen LogP contribution >= 0.6 is 0 Å². The maximum Gasteiger partial charge on any atom is 0.0587 e. The Morgan fingerprint density at radius 2 is 2.17 bits per heavy atom. The normalized spacial score (nSPS) is 30.4. The van der Waals surface area contributed by atoms with Gasteiger partial charge >= 0.3 is 0 Å². The third kappa shape index (κ3) is 3.65. The molecule has 12 heavy (non-hydrogen) atoms. The Balaban J connectivity index is 2.05. The Hall–Kier alpha value is 0.0700. The van der Waals surface area contributed by atoms with Crippen molar-refractivity contribution >= 4 is 10.8 Å². The summed E-state index contributed by atoms with van der Waals surface area (Å²) in [7, 11) is 1.17. The molecule has 0 aromatic carbocycles. The summed E-state index contributed by atoms with van der Waals surface area (Å²) in [6.07, 6.45) is 2.10. The molecule has 0 aromatic heterocycles. The molecule has 0 atom stereocenters. The highest BCUT2D eigenvalue weighted by molar-refractivity contribution is 7.85. The molecule has 0 spiro atoms. The first-order chi connectivity index (χ1) is 5.83. The Labute approximate surface area is 76.3 Å². The number of hydrogen-bond acceptors (Lipinski definition) is 3. The molecule has 0 radical (unpaired) electrons. The third-order valence-electron chi connectivity index (χ3n) is 2.13. The second kappa shape index (κ2) is 5.67. The fourth-order valence-corrected chi connectivity index (χ4v) is 2.66. The van der Waals surface area contributed by atoms with E-state index >= 15 is 0 Å². The topological polar surface area (TPSA) is 38.3 Å². The zero-order valence-corrected chi connectivity index (χ0v) is 8.36. The lowest BCUT2D eigenvalue weighted by atomic mass is 10.1. The van der Waals surface area contributed by atoms with E-state index in [0.717, 1.165) is 37.5 Å². The van der Waals surface area contributed by atoms with Crippen molar-refractivity contribution in [2.45, 2.75) is 18.9 Å². The molecular formula is C8H17NO2S. The van der Waals surface area contributed by atoms with Gasteiger partial charge in [-0.05, 0) is 12.8 Å². The van der Waals surface area contributed by atoms with Gasteiger partial charge in [0.2, 0.25) is 0 Å². The number of nitrogens with one attached hydrogen (secondary N) is 1. The summed E-state index contributed by atoms with van der Waals surface area (Å²) < 4.78 is 15.9. The molecule has 1 aliphatic heterocycles. The first-order valence-corrected chi connectivity index (χ1v) is 5.89. The van der Waals surface area contributed by atoms with E-state index in [1.807, 2.05) is 0 Å². The molecule has 0 saturated carbocycles. The van der Waals surface area contributed by atoms with Gasteiger partial charge < -0.3 is 10.1 Å². The highest BCUT2D eigenvalue weighted by atomic mass is 32.2. The summed E-state index contributed by atoms with van der Waals surface area (Å²) in [6.45, 7) is 1.67. The maximum absolute atomic E-state index is 11.0. The predicted molar refractivity (Wildman–Crippen MR) is 50.8 cm³/mol. The van der Waals surface area contributed by atoms with Gasteiger partial charge in [-0.1, -0.05) is 0 Å². The molecule has 1 heterocycles. The third-order valence-corrected chi connectivity index (χ3v) is 3.51. The molecular weight excluding hydrogens is 174 g/mol. The van der Waals surface area contributed by atoms with Gasteiger partial charge in [0.15, 0.2) is 0 Å². The minimum atomic E-state index is -0.539. The van der Waals surface area contributed by atoms with E-state index in [1.54, 1.807) is 7.11 Å². The summed E-state index contributed by atoms with van der Waals surface area (Å²) >= 11 is 0. The second-order valence-electron chi connectivity index (χ2n) is 3.07. The summed E-state index contributed by atoms with van der Waals surface area (Å²) in [6, 6.07) is 0.567. The van der Waals surface area contributed by atoms with Crippen LogP contribution in [0.5, 0.6) is 0 Å². The van der Waals surface area contributed by atoms with Crippen molar-refractivity contribution in [2.24, 2.45) is 0 Å². The van der Waals surface area contributed by atoms with E-state index in [9.17, 15) is 4.21 Å². The van der Waals surface area contributed by atoms with Crippen LogP contribution in [0.1, 0.15) is 12.8 Å². The van der Waals surface area contributed by atoms with Gasteiger partial charge in [0.05, 0.1) is 6.61 Å². The van der Waals surface area contributed by atoms with E-state index < -0.39 is 10.8 Å². The monoisotopic (exact) mass is 191 g/mol.